The summed E-state index contributed by atoms with van der Waals surface area (Å²) < 4.78 is 5.55. The molecule has 1 N–H and O–H groups in total. The van der Waals surface area contributed by atoms with E-state index < -0.39 is 0 Å². The third kappa shape index (κ3) is 2.96. The molecule has 1 aliphatic carbocycles. The number of halogens is 2. The van der Waals surface area contributed by atoms with Gasteiger partial charge in [-0.05, 0) is 30.5 Å². The maximum Gasteiger partial charge on any atom is 0.169 e. The lowest BCUT2D eigenvalue weighted by atomic mass is 10.0. The highest BCUT2D eigenvalue weighted by atomic mass is 35.5. The first kappa shape index (κ1) is 12.3. The third-order valence-corrected chi connectivity index (χ3v) is 3.06. The Morgan fingerprint density at radius 1 is 1.35 bits per heavy atom. The molecule has 1 atom stereocenters. The number of hydrogen-bond acceptors (Lipinski definition) is 2. The Balaban J connectivity index is 2.22. The number of rotatable bonds is 2. The molecule has 2 rings (SSSR count). The number of benzene rings is 1. The van der Waals surface area contributed by atoms with Crippen LogP contribution in [0.4, 0.5) is 0 Å². The maximum atomic E-state index is 9.66. The van der Waals surface area contributed by atoms with Gasteiger partial charge in [0.25, 0.3) is 0 Å². The van der Waals surface area contributed by atoms with Crippen molar-refractivity contribution in [2.24, 2.45) is 5.92 Å². The van der Waals surface area contributed by atoms with Crippen molar-refractivity contribution in [1.29, 1.82) is 0 Å². The van der Waals surface area contributed by atoms with Crippen molar-refractivity contribution in [3.63, 3.8) is 0 Å². The molecule has 0 saturated carbocycles. The third-order valence-electron chi connectivity index (χ3n) is 2.49. The predicted octanol–water partition coefficient (Wildman–Crippen LogP) is 4.47. The quantitative estimate of drug-likeness (QED) is 0.859. The van der Waals surface area contributed by atoms with Crippen molar-refractivity contribution in [3.8, 4) is 11.5 Å². The lowest BCUT2D eigenvalue weighted by molar-refractivity contribution is 0.386. The Labute approximate surface area is 110 Å². The Kier molecular flexibility index (Phi) is 3.65. The second kappa shape index (κ2) is 5.03. The second-order valence-corrected chi connectivity index (χ2v) is 4.92. The van der Waals surface area contributed by atoms with Gasteiger partial charge in [-0.25, -0.2) is 0 Å². The zero-order valence-corrected chi connectivity index (χ0v) is 10.8. The van der Waals surface area contributed by atoms with Gasteiger partial charge in [-0.1, -0.05) is 36.2 Å². The number of phenolic OH excluding ortho intramolecular Hbond substituents is 1. The molecule has 1 aromatic rings. The average molecular weight is 271 g/mol. The largest absolute Gasteiger partial charge is 0.504 e. The molecule has 2 nitrogen and oxygen atoms in total. The van der Waals surface area contributed by atoms with Crippen LogP contribution >= 0.6 is 23.2 Å². The summed E-state index contributed by atoms with van der Waals surface area (Å²) in [6.45, 7) is 2.08. The molecule has 1 aliphatic rings. The van der Waals surface area contributed by atoms with Crippen molar-refractivity contribution in [2.45, 2.75) is 13.3 Å². The molecule has 90 valence electrons. The van der Waals surface area contributed by atoms with Gasteiger partial charge in [0.05, 0.1) is 5.03 Å². The summed E-state index contributed by atoms with van der Waals surface area (Å²) in [5, 5.41) is 10.8. The van der Waals surface area contributed by atoms with Crippen LogP contribution in [-0.4, -0.2) is 5.11 Å². The van der Waals surface area contributed by atoms with Crippen molar-refractivity contribution in [3.05, 3.63) is 46.2 Å². The molecule has 0 amide bonds. The first-order chi connectivity index (χ1) is 8.06. The first-order valence-electron chi connectivity index (χ1n) is 5.29. The second-order valence-electron chi connectivity index (χ2n) is 4.02. The number of ether oxygens (including phenoxy) is 1. The average Bonchev–Trinajstić information content (AvgIpc) is 2.25. The van der Waals surface area contributed by atoms with Gasteiger partial charge in [0.2, 0.25) is 0 Å². The van der Waals surface area contributed by atoms with Gasteiger partial charge in [-0.15, -0.1) is 0 Å². The van der Waals surface area contributed by atoms with Gasteiger partial charge >= 0.3 is 0 Å². The molecule has 0 fully saturated rings. The minimum absolute atomic E-state index is 0.00138. The number of allylic oxidation sites excluding steroid dienone is 3. The number of hydrogen-bond donors (Lipinski definition) is 1. The first-order valence-corrected chi connectivity index (χ1v) is 6.05. The molecule has 0 saturated heterocycles. The van der Waals surface area contributed by atoms with E-state index in [1.165, 1.54) is 6.07 Å². The Hall–Kier alpha value is -1.12. The predicted molar refractivity (Wildman–Crippen MR) is 69.5 cm³/mol. The summed E-state index contributed by atoms with van der Waals surface area (Å²) in [7, 11) is 0. The normalized spacial score (nSPS) is 19.6. The highest BCUT2D eigenvalue weighted by Gasteiger charge is 2.14. The fourth-order valence-electron chi connectivity index (χ4n) is 1.58. The van der Waals surface area contributed by atoms with Crippen molar-refractivity contribution >= 4 is 23.2 Å². The van der Waals surface area contributed by atoms with Crippen molar-refractivity contribution in [2.75, 3.05) is 0 Å². The summed E-state index contributed by atoms with van der Waals surface area (Å²) in [6.07, 6.45) is 4.60. The Morgan fingerprint density at radius 3 is 2.76 bits per heavy atom. The van der Waals surface area contributed by atoms with E-state index >= 15 is 0 Å². The smallest absolute Gasteiger partial charge is 0.169 e. The molecule has 1 aromatic carbocycles. The molecular weight excluding hydrogens is 259 g/mol. The van der Waals surface area contributed by atoms with Crippen LogP contribution in [-0.2, 0) is 0 Å². The fraction of sp³-hybridized carbons (Fsp3) is 0.231. The molecule has 17 heavy (non-hydrogen) atoms. The maximum absolute atomic E-state index is 9.66. The van der Waals surface area contributed by atoms with Gasteiger partial charge in [0.1, 0.15) is 5.76 Å². The SMILES string of the molecule is C[C@H]1C=CC(Oc2ccc(Cl)cc2O)=C(Cl)C1. The minimum Gasteiger partial charge on any atom is -0.504 e. The highest BCUT2D eigenvalue weighted by molar-refractivity contribution is 6.30. The monoisotopic (exact) mass is 270 g/mol. The van der Waals surface area contributed by atoms with Gasteiger partial charge in [-0.2, -0.15) is 0 Å². The van der Waals surface area contributed by atoms with E-state index in [4.69, 9.17) is 27.9 Å². The molecule has 0 radical (unpaired) electrons. The molecule has 0 spiro atoms. The van der Waals surface area contributed by atoms with E-state index in [1.807, 2.05) is 12.2 Å². The fourth-order valence-corrected chi connectivity index (χ4v) is 2.09. The highest BCUT2D eigenvalue weighted by Crippen LogP contribution is 2.33. The van der Waals surface area contributed by atoms with Crippen LogP contribution in [0, 0.1) is 5.92 Å². The zero-order chi connectivity index (χ0) is 12.4. The van der Waals surface area contributed by atoms with Crippen molar-refractivity contribution < 1.29 is 9.84 Å². The van der Waals surface area contributed by atoms with Crippen LogP contribution < -0.4 is 4.74 Å². The molecule has 0 unspecified atom stereocenters. The number of phenols is 1. The molecule has 0 aliphatic heterocycles. The number of aromatic hydroxyl groups is 1. The summed E-state index contributed by atoms with van der Waals surface area (Å²) in [6, 6.07) is 4.70. The van der Waals surface area contributed by atoms with Gasteiger partial charge < -0.3 is 9.84 Å². The lowest BCUT2D eigenvalue weighted by Gasteiger charge is -2.16. The Morgan fingerprint density at radius 2 is 2.12 bits per heavy atom. The van der Waals surface area contributed by atoms with Crippen LogP contribution in [0.1, 0.15) is 13.3 Å². The van der Waals surface area contributed by atoms with E-state index in [1.54, 1.807) is 12.1 Å². The summed E-state index contributed by atoms with van der Waals surface area (Å²) in [4.78, 5) is 0. The molecule has 0 aromatic heterocycles. The van der Waals surface area contributed by atoms with E-state index in [2.05, 4.69) is 6.92 Å². The lowest BCUT2D eigenvalue weighted by Crippen LogP contribution is -2.03. The van der Waals surface area contributed by atoms with Crippen LogP contribution in [0.3, 0.4) is 0 Å². The summed E-state index contributed by atoms with van der Waals surface area (Å²) in [5.74, 6) is 1.33. The Bertz CT molecular complexity index is 492. The van der Waals surface area contributed by atoms with Gasteiger partial charge in [0, 0.05) is 11.1 Å². The van der Waals surface area contributed by atoms with Gasteiger partial charge in [0.15, 0.2) is 11.5 Å². The molecule has 0 heterocycles. The standard InChI is InChI=1S/C13H12Cl2O2/c1-8-2-4-12(10(15)6-8)17-13-5-3-9(14)7-11(13)16/h2-5,7-8,16H,6H2,1H3/t8-/m0/s1. The molecular formula is C13H12Cl2O2. The van der Waals surface area contributed by atoms with E-state index in [0.717, 1.165) is 6.42 Å². The van der Waals surface area contributed by atoms with Gasteiger partial charge in [-0.3, -0.25) is 0 Å². The van der Waals surface area contributed by atoms with E-state index in [9.17, 15) is 5.11 Å². The van der Waals surface area contributed by atoms with Crippen molar-refractivity contribution in [1.82, 2.24) is 0 Å². The van der Waals surface area contributed by atoms with Crippen LogP contribution in [0.5, 0.6) is 11.5 Å². The molecule has 4 heteroatoms. The summed E-state index contributed by atoms with van der Waals surface area (Å²) >= 11 is 11.8. The minimum atomic E-state index is 0.00138. The topological polar surface area (TPSA) is 29.5 Å². The molecule has 0 bridgehead atoms. The van der Waals surface area contributed by atoms with Crippen LogP contribution in [0.25, 0.3) is 0 Å². The van der Waals surface area contributed by atoms with Crippen LogP contribution in [0.15, 0.2) is 41.1 Å². The zero-order valence-electron chi connectivity index (χ0n) is 9.28. The van der Waals surface area contributed by atoms with E-state index in [0.29, 0.717) is 27.5 Å². The van der Waals surface area contributed by atoms with E-state index in [-0.39, 0.29) is 5.75 Å². The summed E-state index contributed by atoms with van der Waals surface area (Å²) in [5.41, 5.74) is 0. The van der Waals surface area contributed by atoms with Crippen LogP contribution in [0.2, 0.25) is 5.02 Å².